The van der Waals surface area contributed by atoms with E-state index in [1.807, 2.05) is 6.07 Å². The molecule has 2 rings (SSSR count). The Labute approximate surface area is 104 Å². The van der Waals surface area contributed by atoms with E-state index in [1.165, 1.54) is 31.4 Å². The highest BCUT2D eigenvalue weighted by molar-refractivity contribution is 5.28. The molecule has 0 aromatic heterocycles. The topological polar surface area (TPSA) is 21.3 Å². The predicted octanol–water partition coefficient (Wildman–Crippen LogP) is 3.37. The van der Waals surface area contributed by atoms with Crippen molar-refractivity contribution >= 4 is 0 Å². The lowest BCUT2D eigenvalue weighted by Crippen LogP contribution is -2.16. The molecule has 0 heterocycles. The van der Waals surface area contributed by atoms with Gasteiger partial charge in [0.1, 0.15) is 5.75 Å². The molecule has 0 unspecified atom stereocenters. The van der Waals surface area contributed by atoms with Gasteiger partial charge in [0.25, 0.3) is 0 Å². The highest BCUT2D eigenvalue weighted by atomic mass is 16.5. The second kappa shape index (κ2) is 6.65. The van der Waals surface area contributed by atoms with E-state index in [4.69, 9.17) is 4.74 Å². The van der Waals surface area contributed by atoms with E-state index >= 15 is 0 Å². The smallest absolute Gasteiger partial charge is 0.119 e. The zero-order valence-corrected chi connectivity index (χ0v) is 10.7. The van der Waals surface area contributed by atoms with Crippen LogP contribution in [0.15, 0.2) is 24.3 Å². The molecule has 0 spiro atoms. The molecule has 1 aliphatic rings. The number of hydrogen-bond acceptors (Lipinski definition) is 2. The van der Waals surface area contributed by atoms with Gasteiger partial charge in [-0.25, -0.2) is 0 Å². The molecule has 1 aromatic carbocycles. The normalized spacial score (nSPS) is 14.9. The number of rotatable bonds is 8. The van der Waals surface area contributed by atoms with Gasteiger partial charge in [-0.1, -0.05) is 25.5 Å². The third kappa shape index (κ3) is 4.78. The van der Waals surface area contributed by atoms with Crippen LogP contribution in [0.4, 0.5) is 0 Å². The van der Waals surface area contributed by atoms with Crippen molar-refractivity contribution in [2.75, 3.05) is 13.2 Å². The summed E-state index contributed by atoms with van der Waals surface area (Å²) in [5.41, 5.74) is 1.32. The van der Waals surface area contributed by atoms with Crippen LogP contribution in [0.2, 0.25) is 0 Å². The first-order chi connectivity index (χ1) is 8.38. The highest BCUT2D eigenvalue weighted by Gasteiger charge is 2.19. The standard InChI is InChI=1S/C15H23NO/c1-2-3-9-17-15-6-4-5-14(10-15)12-16-11-13-7-8-13/h4-6,10,13,16H,2-3,7-9,11-12H2,1H3. The van der Waals surface area contributed by atoms with Crippen LogP contribution in [0.1, 0.15) is 38.2 Å². The van der Waals surface area contributed by atoms with Crippen LogP contribution < -0.4 is 10.1 Å². The van der Waals surface area contributed by atoms with E-state index in [-0.39, 0.29) is 0 Å². The van der Waals surface area contributed by atoms with E-state index in [1.54, 1.807) is 0 Å². The molecule has 1 aromatic rings. The second-order valence-electron chi connectivity index (χ2n) is 4.92. The van der Waals surface area contributed by atoms with Gasteiger partial charge in [0.15, 0.2) is 0 Å². The van der Waals surface area contributed by atoms with E-state index in [2.05, 4.69) is 30.4 Å². The van der Waals surface area contributed by atoms with Crippen molar-refractivity contribution in [1.29, 1.82) is 0 Å². The van der Waals surface area contributed by atoms with Crippen LogP contribution in [0.25, 0.3) is 0 Å². The largest absolute Gasteiger partial charge is 0.494 e. The minimum atomic E-state index is 0.829. The van der Waals surface area contributed by atoms with Crippen molar-refractivity contribution < 1.29 is 4.74 Å². The van der Waals surface area contributed by atoms with Crippen LogP contribution >= 0.6 is 0 Å². The molecule has 1 N–H and O–H groups in total. The third-order valence-electron chi connectivity index (χ3n) is 3.12. The Hall–Kier alpha value is -1.02. The van der Waals surface area contributed by atoms with E-state index in [0.29, 0.717) is 0 Å². The van der Waals surface area contributed by atoms with Crippen molar-refractivity contribution in [3.63, 3.8) is 0 Å². The molecule has 17 heavy (non-hydrogen) atoms. The van der Waals surface area contributed by atoms with E-state index in [0.717, 1.165) is 31.2 Å². The van der Waals surface area contributed by atoms with E-state index in [9.17, 15) is 0 Å². The summed E-state index contributed by atoms with van der Waals surface area (Å²) in [6.07, 6.45) is 5.13. The molecular weight excluding hydrogens is 210 g/mol. The zero-order chi connectivity index (χ0) is 11.9. The molecule has 0 atom stereocenters. The highest BCUT2D eigenvalue weighted by Crippen LogP contribution is 2.27. The molecule has 0 radical (unpaired) electrons. The number of nitrogens with one attached hydrogen (secondary N) is 1. The molecule has 0 saturated heterocycles. The molecule has 2 heteroatoms. The van der Waals surface area contributed by atoms with Crippen LogP contribution in [-0.2, 0) is 6.54 Å². The Kier molecular flexibility index (Phi) is 4.87. The van der Waals surface area contributed by atoms with Crippen molar-refractivity contribution in [3.8, 4) is 5.75 Å². The first-order valence-electron chi connectivity index (χ1n) is 6.81. The molecule has 1 fully saturated rings. The fourth-order valence-corrected chi connectivity index (χ4v) is 1.82. The summed E-state index contributed by atoms with van der Waals surface area (Å²) < 4.78 is 5.70. The van der Waals surface area contributed by atoms with Gasteiger partial charge in [-0.3, -0.25) is 0 Å². The summed E-state index contributed by atoms with van der Waals surface area (Å²) in [5, 5.41) is 3.50. The van der Waals surface area contributed by atoms with Crippen molar-refractivity contribution in [1.82, 2.24) is 5.32 Å². The Morgan fingerprint density at radius 1 is 1.35 bits per heavy atom. The minimum absolute atomic E-state index is 0.829. The van der Waals surface area contributed by atoms with E-state index < -0.39 is 0 Å². The van der Waals surface area contributed by atoms with Gasteiger partial charge in [0, 0.05) is 6.54 Å². The number of unbranched alkanes of at least 4 members (excludes halogenated alkanes) is 1. The lowest BCUT2D eigenvalue weighted by molar-refractivity contribution is 0.309. The van der Waals surface area contributed by atoms with Crippen LogP contribution in [0.5, 0.6) is 5.75 Å². The number of benzene rings is 1. The van der Waals surface area contributed by atoms with Crippen LogP contribution in [0.3, 0.4) is 0 Å². The quantitative estimate of drug-likeness (QED) is 0.695. The van der Waals surface area contributed by atoms with Gasteiger partial charge < -0.3 is 10.1 Å². The number of ether oxygens (including phenoxy) is 1. The van der Waals surface area contributed by atoms with Gasteiger partial charge in [-0.05, 0) is 49.4 Å². The Balaban J connectivity index is 1.73. The molecule has 0 aliphatic heterocycles. The summed E-state index contributed by atoms with van der Waals surface area (Å²) >= 11 is 0. The maximum atomic E-state index is 5.70. The third-order valence-corrected chi connectivity index (χ3v) is 3.12. The van der Waals surface area contributed by atoms with Gasteiger partial charge in [-0.2, -0.15) is 0 Å². The fourth-order valence-electron chi connectivity index (χ4n) is 1.82. The fraction of sp³-hybridized carbons (Fsp3) is 0.600. The van der Waals surface area contributed by atoms with Crippen molar-refractivity contribution in [3.05, 3.63) is 29.8 Å². The SMILES string of the molecule is CCCCOc1cccc(CNCC2CC2)c1. The zero-order valence-electron chi connectivity index (χ0n) is 10.7. The summed E-state index contributed by atoms with van der Waals surface area (Å²) in [7, 11) is 0. The Morgan fingerprint density at radius 2 is 2.24 bits per heavy atom. The van der Waals surface area contributed by atoms with Gasteiger partial charge in [0.05, 0.1) is 6.61 Å². The average Bonchev–Trinajstić information content (AvgIpc) is 3.14. The molecule has 94 valence electrons. The summed E-state index contributed by atoms with van der Waals surface area (Å²) in [6, 6.07) is 8.43. The first-order valence-corrected chi connectivity index (χ1v) is 6.81. The summed E-state index contributed by atoms with van der Waals surface area (Å²) in [6.45, 7) is 5.14. The van der Waals surface area contributed by atoms with Gasteiger partial charge in [-0.15, -0.1) is 0 Å². The van der Waals surface area contributed by atoms with Crippen LogP contribution in [-0.4, -0.2) is 13.2 Å². The Bertz CT molecular complexity index is 333. The summed E-state index contributed by atoms with van der Waals surface area (Å²) in [5.74, 6) is 1.95. The molecule has 2 nitrogen and oxygen atoms in total. The Morgan fingerprint density at radius 3 is 3.00 bits per heavy atom. The molecule has 1 aliphatic carbocycles. The lowest BCUT2D eigenvalue weighted by atomic mass is 10.2. The average molecular weight is 233 g/mol. The molecule has 0 amide bonds. The first kappa shape index (κ1) is 12.4. The predicted molar refractivity (Wildman–Crippen MR) is 71.3 cm³/mol. The monoisotopic (exact) mass is 233 g/mol. The second-order valence-corrected chi connectivity index (χ2v) is 4.92. The molecule has 1 saturated carbocycles. The summed E-state index contributed by atoms with van der Waals surface area (Å²) in [4.78, 5) is 0. The number of hydrogen-bond donors (Lipinski definition) is 1. The van der Waals surface area contributed by atoms with Crippen molar-refractivity contribution in [2.45, 2.75) is 39.2 Å². The maximum absolute atomic E-state index is 5.70. The minimum Gasteiger partial charge on any atom is -0.494 e. The molecule has 0 bridgehead atoms. The molecular formula is C15H23NO. The van der Waals surface area contributed by atoms with Crippen LogP contribution in [0, 0.1) is 5.92 Å². The van der Waals surface area contributed by atoms with Crippen molar-refractivity contribution in [2.24, 2.45) is 5.92 Å². The van der Waals surface area contributed by atoms with Gasteiger partial charge >= 0.3 is 0 Å². The maximum Gasteiger partial charge on any atom is 0.119 e. The lowest BCUT2D eigenvalue weighted by Gasteiger charge is -2.08. The van der Waals surface area contributed by atoms with Gasteiger partial charge in [0.2, 0.25) is 0 Å².